The molecule has 0 spiro atoms. The van der Waals surface area contributed by atoms with Crippen LogP contribution in [0.15, 0.2) is 0 Å². The molecule has 0 atom stereocenters. The smallest absolute Gasteiger partial charge is 0.550 e. The minimum atomic E-state index is -0.995. The van der Waals surface area contributed by atoms with Gasteiger partial charge in [0.05, 0.1) is 0 Å². The topological polar surface area (TPSA) is 132 Å². The van der Waals surface area contributed by atoms with Crippen LogP contribution in [-0.4, -0.2) is 25.0 Å². The van der Waals surface area contributed by atoms with Gasteiger partial charge in [-0.25, -0.2) is 0 Å². The molecule has 0 aliphatic carbocycles. The maximum absolute atomic E-state index is 9.26. The van der Waals surface area contributed by atoms with E-state index in [9.17, 15) is 19.8 Å². The molecule has 0 unspecified atom stereocenters. The normalized spacial score (nSPS) is 6.50. The van der Waals surface area contributed by atoms with Crippen molar-refractivity contribution in [3.8, 4) is 0 Å². The minimum Gasteiger partial charge on any atom is -0.550 e. The summed E-state index contributed by atoms with van der Waals surface area (Å²) in [7, 11) is 0. The number of rotatable bonds is 3. The Morgan fingerprint density at radius 2 is 1.00 bits per heavy atom. The SMILES string of the molecule is CCC(=O)[O-].CCC(=O)[O-].NCCN.[Na+].[Na+]. The van der Waals surface area contributed by atoms with E-state index in [4.69, 9.17) is 11.5 Å². The number of hydrogen-bond donors (Lipinski definition) is 2. The van der Waals surface area contributed by atoms with Crippen LogP contribution in [0.5, 0.6) is 0 Å². The van der Waals surface area contributed by atoms with E-state index in [0.29, 0.717) is 13.1 Å². The van der Waals surface area contributed by atoms with Crippen molar-refractivity contribution in [1.82, 2.24) is 0 Å². The molecule has 0 aromatic rings. The molecule has 0 aliphatic rings. The van der Waals surface area contributed by atoms with Crippen molar-refractivity contribution in [3.05, 3.63) is 0 Å². The monoisotopic (exact) mass is 252 g/mol. The first-order valence-corrected chi connectivity index (χ1v) is 4.25. The van der Waals surface area contributed by atoms with Gasteiger partial charge in [-0.05, 0) is 12.8 Å². The van der Waals surface area contributed by atoms with Crippen molar-refractivity contribution < 1.29 is 78.9 Å². The first-order chi connectivity index (χ1) is 6.45. The van der Waals surface area contributed by atoms with Crippen LogP contribution in [0, 0.1) is 0 Å². The maximum atomic E-state index is 9.26. The minimum absolute atomic E-state index is 0. The Labute approximate surface area is 141 Å². The molecule has 86 valence electrons. The zero-order valence-corrected chi connectivity index (χ0v) is 14.6. The molecule has 16 heavy (non-hydrogen) atoms. The van der Waals surface area contributed by atoms with Crippen molar-refractivity contribution in [2.24, 2.45) is 11.5 Å². The Kier molecular flexibility index (Phi) is 56.0. The van der Waals surface area contributed by atoms with Crippen LogP contribution in [0.4, 0.5) is 0 Å². The van der Waals surface area contributed by atoms with E-state index in [1.807, 2.05) is 0 Å². The molecule has 0 saturated heterocycles. The quantitative estimate of drug-likeness (QED) is 0.479. The van der Waals surface area contributed by atoms with Crippen molar-refractivity contribution >= 4 is 11.9 Å². The van der Waals surface area contributed by atoms with Gasteiger partial charge in [0.15, 0.2) is 0 Å². The summed E-state index contributed by atoms with van der Waals surface area (Å²) in [5, 5.41) is 18.5. The second-order valence-electron chi connectivity index (χ2n) is 2.03. The number of carboxylic acid groups (broad SMARTS) is 2. The summed E-state index contributed by atoms with van der Waals surface area (Å²) in [4.78, 5) is 18.5. The molecule has 0 aliphatic heterocycles. The van der Waals surface area contributed by atoms with E-state index in [2.05, 4.69) is 0 Å². The zero-order chi connectivity index (χ0) is 12.0. The predicted octanol–water partition coefficient (Wildman–Crippen LogP) is -8.80. The molecule has 0 aromatic carbocycles. The van der Waals surface area contributed by atoms with Crippen molar-refractivity contribution in [2.75, 3.05) is 13.1 Å². The summed E-state index contributed by atoms with van der Waals surface area (Å²) in [6.07, 6.45) is 0.222. The summed E-state index contributed by atoms with van der Waals surface area (Å²) < 4.78 is 0. The third kappa shape index (κ3) is 83.1. The Bertz CT molecular complexity index is 132. The Morgan fingerprint density at radius 3 is 1.00 bits per heavy atom. The van der Waals surface area contributed by atoms with E-state index in [0.717, 1.165) is 0 Å². The van der Waals surface area contributed by atoms with Crippen LogP contribution in [-0.2, 0) is 9.59 Å². The Balaban J connectivity index is -0.0000000358. The molecular weight excluding hydrogens is 234 g/mol. The first-order valence-electron chi connectivity index (χ1n) is 4.25. The number of hydrogen-bond acceptors (Lipinski definition) is 6. The van der Waals surface area contributed by atoms with Crippen LogP contribution >= 0.6 is 0 Å². The largest absolute Gasteiger partial charge is 1.00 e. The van der Waals surface area contributed by atoms with Gasteiger partial charge in [0.25, 0.3) is 0 Å². The zero-order valence-electron chi connectivity index (χ0n) is 10.6. The van der Waals surface area contributed by atoms with E-state index in [1.54, 1.807) is 0 Å². The van der Waals surface area contributed by atoms with Gasteiger partial charge in [-0.15, -0.1) is 0 Å². The van der Waals surface area contributed by atoms with Gasteiger partial charge in [0.1, 0.15) is 0 Å². The van der Waals surface area contributed by atoms with Gasteiger partial charge >= 0.3 is 59.1 Å². The van der Waals surface area contributed by atoms with Crippen LogP contribution in [0.3, 0.4) is 0 Å². The molecule has 8 heteroatoms. The molecular formula is C8H18N2Na2O4. The van der Waals surface area contributed by atoms with Crippen molar-refractivity contribution in [2.45, 2.75) is 26.7 Å². The van der Waals surface area contributed by atoms with Gasteiger partial charge in [-0.3, -0.25) is 0 Å². The number of carbonyl (C=O) groups excluding carboxylic acids is 2. The molecule has 0 amide bonds. The summed E-state index contributed by atoms with van der Waals surface area (Å²) >= 11 is 0. The van der Waals surface area contributed by atoms with Gasteiger partial charge < -0.3 is 31.3 Å². The Hall–Kier alpha value is 0.860. The van der Waals surface area contributed by atoms with Gasteiger partial charge in [0.2, 0.25) is 0 Å². The molecule has 0 radical (unpaired) electrons. The summed E-state index contributed by atoms with van der Waals surface area (Å²) in [6.45, 7) is 4.27. The number of nitrogens with two attached hydrogens (primary N) is 2. The predicted molar refractivity (Wildman–Crippen MR) is 48.7 cm³/mol. The molecule has 6 nitrogen and oxygen atoms in total. The molecule has 0 heterocycles. The molecule has 0 saturated carbocycles. The molecule has 0 rings (SSSR count). The van der Waals surface area contributed by atoms with Gasteiger partial charge in [0, 0.05) is 25.0 Å². The van der Waals surface area contributed by atoms with E-state index >= 15 is 0 Å². The summed E-state index contributed by atoms with van der Waals surface area (Å²) in [5.74, 6) is -1.99. The number of aliphatic carboxylic acids is 2. The van der Waals surface area contributed by atoms with Crippen LogP contribution in [0.1, 0.15) is 26.7 Å². The third-order valence-corrected chi connectivity index (χ3v) is 0.744. The fraction of sp³-hybridized carbons (Fsp3) is 0.750. The molecule has 4 N–H and O–H groups in total. The average molecular weight is 252 g/mol. The molecule has 0 fully saturated rings. The molecule has 0 aromatic heterocycles. The Morgan fingerprint density at radius 1 is 0.875 bits per heavy atom. The fourth-order valence-corrected chi connectivity index (χ4v) is 0. The van der Waals surface area contributed by atoms with Crippen LogP contribution in [0.25, 0.3) is 0 Å². The van der Waals surface area contributed by atoms with Gasteiger partial charge in [-0.2, -0.15) is 0 Å². The number of carbonyl (C=O) groups is 2. The second kappa shape index (κ2) is 29.7. The average Bonchev–Trinajstić information content (AvgIpc) is 2.19. The molecule has 0 bridgehead atoms. The van der Waals surface area contributed by atoms with Gasteiger partial charge in [-0.1, -0.05) is 13.8 Å². The summed E-state index contributed by atoms with van der Waals surface area (Å²) in [6, 6.07) is 0. The van der Waals surface area contributed by atoms with E-state index < -0.39 is 11.9 Å². The standard InChI is InChI=1S/2C3H6O2.C2H8N2.2Na/c2*1-2-3(4)5;3-1-2-4;;/h2*2H2,1H3,(H,4,5);1-4H2;;/q;;;2*+1/p-2. The van der Waals surface area contributed by atoms with E-state index in [1.165, 1.54) is 13.8 Å². The number of carboxylic acids is 2. The van der Waals surface area contributed by atoms with Crippen LogP contribution in [0.2, 0.25) is 0 Å². The first kappa shape index (κ1) is 30.2. The maximum Gasteiger partial charge on any atom is 1.00 e. The second-order valence-corrected chi connectivity index (χ2v) is 2.03. The van der Waals surface area contributed by atoms with Crippen LogP contribution < -0.4 is 80.8 Å². The summed E-state index contributed by atoms with van der Waals surface area (Å²) in [5.41, 5.74) is 9.81. The third-order valence-electron chi connectivity index (χ3n) is 0.744. The fourth-order valence-electron chi connectivity index (χ4n) is 0. The van der Waals surface area contributed by atoms with Crippen molar-refractivity contribution in [3.63, 3.8) is 0 Å². The van der Waals surface area contributed by atoms with E-state index in [-0.39, 0.29) is 72.0 Å². The van der Waals surface area contributed by atoms with Crippen molar-refractivity contribution in [1.29, 1.82) is 0 Å².